The fraction of sp³-hybridized carbons (Fsp3) is 0.105. The number of benzene rings is 2. The maximum absolute atomic E-state index is 12.7. The van der Waals surface area contributed by atoms with E-state index in [4.69, 9.17) is 4.52 Å². The lowest BCUT2D eigenvalue weighted by atomic mass is 10.1. The van der Waals surface area contributed by atoms with E-state index in [1.165, 1.54) is 12.1 Å². The summed E-state index contributed by atoms with van der Waals surface area (Å²) < 4.78 is 43.4. The highest BCUT2D eigenvalue weighted by Gasteiger charge is 2.30. The number of hydrogen-bond donors (Lipinski definition) is 0. The van der Waals surface area contributed by atoms with Gasteiger partial charge in [0.05, 0.1) is 16.6 Å². The third kappa shape index (κ3) is 2.92. The number of aromatic nitrogens is 3. The summed E-state index contributed by atoms with van der Waals surface area (Å²) in [6.45, 7) is 1.86. The number of aryl methyl sites for hydroxylation is 1. The van der Waals surface area contributed by atoms with Crippen LogP contribution < -0.4 is 0 Å². The van der Waals surface area contributed by atoms with Gasteiger partial charge in [-0.05, 0) is 31.2 Å². The summed E-state index contributed by atoms with van der Waals surface area (Å²) in [5, 5.41) is 4.77. The predicted octanol–water partition coefficient (Wildman–Crippen LogP) is 5.28. The van der Waals surface area contributed by atoms with Crippen LogP contribution in [-0.4, -0.2) is 15.1 Å². The number of fused-ring (bicyclic) bond motifs is 1. The van der Waals surface area contributed by atoms with Gasteiger partial charge in [0, 0.05) is 16.6 Å². The van der Waals surface area contributed by atoms with Crippen molar-refractivity contribution in [2.24, 2.45) is 0 Å². The SMILES string of the molecule is Cc1cc(-c2nc(-c3ccc(C(F)(F)F)cc3)no2)c2ccccc2n1. The average Bonchev–Trinajstić information content (AvgIpc) is 3.10. The van der Waals surface area contributed by atoms with Gasteiger partial charge in [-0.1, -0.05) is 35.5 Å². The summed E-state index contributed by atoms with van der Waals surface area (Å²) in [5.74, 6) is 0.522. The summed E-state index contributed by atoms with van der Waals surface area (Å²) >= 11 is 0. The lowest BCUT2D eigenvalue weighted by Crippen LogP contribution is -2.04. The van der Waals surface area contributed by atoms with Crippen LogP contribution in [-0.2, 0) is 6.18 Å². The molecule has 0 bridgehead atoms. The van der Waals surface area contributed by atoms with Gasteiger partial charge in [0.1, 0.15) is 0 Å². The van der Waals surface area contributed by atoms with Gasteiger partial charge in [0.15, 0.2) is 0 Å². The molecule has 0 aliphatic carbocycles. The molecule has 2 aromatic carbocycles. The van der Waals surface area contributed by atoms with Crippen LogP contribution in [0.4, 0.5) is 13.2 Å². The Morgan fingerprint density at radius 3 is 2.38 bits per heavy atom. The van der Waals surface area contributed by atoms with E-state index in [1.54, 1.807) is 0 Å². The van der Waals surface area contributed by atoms with Crippen LogP contribution in [0, 0.1) is 6.92 Å². The molecule has 0 atom stereocenters. The minimum Gasteiger partial charge on any atom is -0.334 e. The number of para-hydroxylation sites is 1. The number of alkyl halides is 3. The summed E-state index contributed by atoms with van der Waals surface area (Å²) in [6.07, 6.45) is -4.38. The Hall–Kier alpha value is -3.22. The van der Waals surface area contributed by atoms with Crippen molar-refractivity contribution < 1.29 is 17.7 Å². The molecule has 2 heterocycles. The van der Waals surface area contributed by atoms with E-state index in [0.29, 0.717) is 11.5 Å². The van der Waals surface area contributed by atoms with Gasteiger partial charge >= 0.3 is 6.18 Å². The van der Waals surface area contributed by atoms with Crippen LogP contribution >= 0.6 is 0 Å². The summed E-state index contributed by atoms with van der Waals surface area (Å²) in [7, 11) is 0. The first-order chi connectivity index (χ1) is 12.4. The average molecular weight is 355 g/mol. The second-order valence-electron chi connectivity index (χ2n) is 5.83. The van der Waals surface area contributed by atoms with Gasteiger partial charge in [-0.3, -0.25) is 4.98 Å². The van der Waals surface area contributed by atoms with Crippen LogP contribution in [0.25, 0.3) is 33.7 Å². The molecule has 4 rings (SSSR count). The summed E-state index contributed by atoms with van der Waals surface area (Å²) in [5.41, 5.74) is 2.06. The smallest absolute Gasteiger partial charge is 0.334 e. The molecule has 0 saturated heterocycles. The third-order valence-corrected chi connectivity index (χ3v) is 3.97. The van der Waals surface area contributed by atoms with Gasteiger partial charge < -0.3 is 4.52 Å². The Kier molecular flexibility index (Phi) is 3.72. The topological polar surface area (TPSA) is 51.8 Å². The Morgan fingerprint density at radius 2 is 1.65 bits per heavy atom. The van der Waals surface area contributed by atoms with E-state index in [0.717, 1.165) is 34.3 Å². The fourth-order valence-corrected chi connectivity index (χ4v) is 2.74. The zero-order valence-corrected chi connectivity index (χ0v) is 13.6. The molecule has 4 aromatic rings. The van der Waals surface area contributed by atoms with Crippen molar-refractivity contribution in [3.8, 4) is 22.8 Å². The molecule has 0 unspecified atom stereocenters. The zero-order chi connectivity index (χ0) is 18.3. The predicted molar refractivity (Wildman–Crippen MR) is 90.2 cm³/mol. The van der Waals surface area contributed by atoms with Crippen LogP contribution in [0.15, 0.2) is 59.1 Å². The van der Waals surface area contributed by atoms with Gasteiger partial charge in [-0.15, -0.1) is 0 Å². The van der Waals surface area contributed by atoms with Crippen molar-refractivity contribution in [3.05, 3.63) is 65.9 Å². The van der Waals surface area contributed by atoms with E-state index in [2.05, 4.69) is 15.1 Å². The van der Waals surface area contributed by atoms with Crippen LogP contribution in [0.2, 0.25) is 0 Å². The third-order valence-electron chi connectivity index (χ3n) is 3.97. The van der Waals surface area contributed by atoms with E-state index in [1.807, 2.05) is 37.3 Å². The minimum absolute atomic E-state index is 0.229. The number of halogens is 3. The van der Waals surface area contributed by atoms with E-state index >= 15 is 0 Å². The second kappa shape index (κ2) is 5.94. The van der Waals surface area contributed by atoms with Crippen LogP contribution in [0.1, 0.15) is 11.3 Å². The van der Waals surface area contributed by atoms with Crippen LogP contribution in [0.3, 0.4) is 0 Å². The molecule has 0 saturated carbocycles. The van der Waals surface area contributed by atoms with Crippen molar-refractivity contribution in [2.75, 3.05) is 0 Å². The first-order valence-electron chi connectivity index (χ1n) is 7.80. The van der Waals surface area contributed by atoms with Gasteiger partial charge in [0.2, 0.25) is 5.82 Å². The van der Waals surface area contributed by atoms with Crippen LogP contribution in [0.5, 0.6) is 0 Å². The van der Waals surface area contributed by atoms with Crippen molar-refractivity contribution in [3.63, 3.8) is 0 Å². The van der Waals surface area contributed by atoms with Gasteiger partial charge in [-0.25, -0.2) is 0 Å². The van der Waals surface area contributed by atoms with Crippen molar-refractivity contribution >= 4 is 10.9 Å². The second-order valence-corrected chi connectivity index (χ2v) is 5.83. The summed E-state index contributed by atoms with van der Waals surface area (Å²) in [6, 6.07) is 14.1. The lowest BCUT2D eigenvalue weighted by molar-refractivity contribution is -0.137. The maximum Gasteiger partial charge on any atom is 0.416 e. The largest absolute Gasteiger partial charge is 0.416 e. The van der Waals surface area contributed by atoms with Gasteiger partial charge in [0.25, 0.3) is 5.89 Å². The normalized spacial score (nSPS) is 11.8. The molecule has 0 aliphatic heterocycles. The molecule has 0 fully saturated rings. The number of hydrogen-bond acceptors (Lipinski definition) is 4. The molecule has 7 heteroatoms. The molecule has 0 N–H and O–H groups in total. The first-order valence-corrected chi connectivity index (χ1v) is 7.80. The molecule has 130 valence electrons. The number of pyridine rings is 1. The molecule has 0 amide bonds. The number of rotatable bonds is 2. The monoisotopic (exact) mass is 355 g/mol. The molecule has 0 spiro atoms. The lowest BCUT2D eigenvalue weighted by Gasteiger charge is -2.05. The highest BCUT2D eigenvalue weighted by molar-refractivity contribution is 5.92. The Labute approximate surface area is 146 Å². The quantitative estimate of drug-likeness (QED) is 0.491. The zero-order valence-electron chi connectivity index (χ0n) is 13.6. The van der Waals surface area contributed by atoms with E-state index in [-0.39, 0.29) is 5.82 Å². The maximum atomic E-state index is 12.7. The highest BCUT2D eigenvalue weighted by Crippen LogP contribution is 2.32. The van der Waals surface area contributed by atoms with E-state index in [9.17, 15) is 13.2 Å². The fourth-order valence-electron chi connectivity index (χ4n) is 2.74. The summed E-state index contributed by atoms with van der Waals surface area (Å²) in [4.78, 5) is 8.81. The Bertz CT molecular complexity index is 1090. The molecule has 26 heavy (non-hydrogen) atoms. The van der Waals surface area contributed by atoms with E-state index < -0.39 is 11.7 Å². The molecular weight excluding hydrogens is 343 g/mol. The molecular formula is C19H12F3N3O. The minimum atomic E-state index is -4.38. The Morgan fingerprint density at radius 1 is 0.923 bits per heavy atom. The van der Waals surface area contributed by atoms with Crippen molar-refractivity contribution in [2.45, 2.75) is 13.1 Å². The highest BCUT2D eigenvalue weighted by atomic mass is 19.4. The van der Waals surface area contributed by atoms with Crippen molar-refractivity contribution in [1.29, 1.82) is 0 Å². The van der Waals surface area contributed by atoms with Gasteiger partial charge in [-0.2, -0.15) is 18.2 Å². The molecule has 2 aromatic heterocycles. The molecule has 0 aliphatic rings. The Balaban J connectivity index is 1.75. The molecule has 0 radical (unpaired) electrons. The molecule has 4 nitrogen and oxygen atoms in total. The number of nitrogens with zero attached hydrogens (tertiary/aromatic N) is 3. The first kappa shape index (κ1) is 16.3. The van der Waals surface area contributed by atoms with Crippen molar-refractivity contribution in [1.82, 2.24) is 15.1 Å². The standard InChI is InChI=1S/C19H12F3N3O/c1-11-10-15(14-4-2-3-5-16(14)23-11)18-24-17(25-26-18)12-6-8-13(9-7-12)19(20,21)22/h2-10H,1H3.